The second-order valence-corrected chi connectivity index (χ2v) is 8.02. The molecule has 162 valence electrons. The topological polar surface area (TPSA) is 66.9 Å². The molecular formula is C25H28N2O4. The predicted molar refractivity (Wildman–Crippen MR) is 116 cm³/mol. The number of hydrogen-bond acceptors (Lipinski definition) is 4. The van der Waals surface area contributed by atoms with Crippen molar-refractivity contribution < 1.29 is 18.4 Å². The van der Waals surface area contributed by atoms with Gasteiger partial charge < -0.3 is 18.6 Å². The molecule has 1 aliphatic rings. The molecule has 1 fully saturated rings. The van der Waals surface area contributed by atoms with Crippen molar-refractivity contribution in [2.45, 2.75) is 51.2 Å². The Morgan fingerprint density at radius 2 is 1.58 bits per heavy atom. The van der Waals surface area contributed by atoms with Crippen LogP contribution in [0.5, 0.6) is 0 Å². The van der Waals surface area contributed by atoms with Gasteiger partial charge in [0.1, 0.15) is 12.3 Å². The van der Waals surface area contributed by atoms with Crippen molar-refractivity contribution in [2.75, 3.05) is 6.54 Å². The normalized spacial score (nSPS) is 14.3. The van der Waals surface area contributed by atoms with E-state index in [1.165, 1.54) is 12.7 Å². The summed E-state index contributed by atoms with van der Waals surface area (Å²) in [6.07, 6.45) is 8.24. The fourth-order valence-corrected chi connectivity index (χ4v) is 4.17. The van der Waals surface area contributed by atoms with Crippen molar-refractivity contribution in [3.8, 4) is 0 Å². The Balaban J connectivity index is 1.54. The van der Waals surface area contributed by atoms with Crippen LogP contribution in [0.2, 0.25) is 0 Å². The highest BCUT2D eigenvalue weighted by atomic mass is 16.3. The Kier molecular flexibility index (Phi) is 6.87. The number of carbonyl (C=O) groups is 2. The molecule has 1 aliphatic carbocycles. The first-order valence-electron chi connectivity index (χ1n) is 10.9. The maximum Gasteiger partial charge on any atom is 0.290 e. The quantitative estimate of drug-likeness (QED) is 0.521. The SMILES string of the molecule is O=C(CN(C(=O)c1ccco1)C1CCCCC1)N(Cc1ccccc1)Cc1ccco1. The third-order valence-corrected chi connectivity index (χ3v) is 5.81. The highest BCUT2D eigenvalue weighted by molar-refractivity contribution is 5.94. The van der Waals surface area contributed by atoms with Crippen LogP contribution in [-0.4, -0.2) is 34.2 Å². The van der Waals surface area contributed by atoms with Gasteiger partial charge in [0.05, 0.1) is 19.1 Å². The van der Waals surface area contributed by atoms with Crippen LogP contribution in [-0.2, 0) is 17.9 Å². The van der Waals surface area contributed by atoms with Gasteiger partial charge in [0.15, 0.2) is 5.76 Å². The van der Waals surface area contributed by atoms with Crippen LogP contribution in [0, 0.1) is 0 Å². The molecule has 2 heterocycles. The van der Waals surface area contributed by atoms with Gasteiger partial charge in [0.25, 0.3) is 5.91 Å². The van der Waals surface area contributed by atoms with Crippen LogP contribution < -0.4 is 0 Å². The minimum atomic E-state index is -0.220. The van der Waals surface area contributed by atoms with Crippen LogP contribution in [0.3, 0.4) is 0 Å². The van der Waals surface area contributed by atoms with Gasteiger partial charge in [-0.05, 0) is 42.7 Å². The molecule has 6 heteroatoms. The van der Waals surface area contributed by atoms with Crippen molar-refractivity contribution in [2.24, 2.45) is 0 Å². The molecule has 0 bridgehead atoms. The maximum absolute atomic E-state index is 13.5. The van der Waals surface area contributed by atoms with Crippen LogP contribution in [0.1, 0.15) is 54.0 Å². The smallest absolute Gasteiger partial charge is 0.290 e. The highest BCUT2D eigenvalue weighted by Gasteiger charge is 2.31. The number of furan rings is 2. The molecule has 1 saturated carbocycles. The van der Waals surface area contributed by atoms with Crippen molar-refractivity contribution in [3.63, 3.8) is 0 Å². The molecule has 0 atom stereocenters. The Morgan fingerprint density at radius 3 is 2.26 bits per heavy atom. The molecule has 31 heavy (non-hydrogen) atoms. The summed E-state index contributed by atoms with van der Waals surface area (Å²) in [5.41, 5.74) is 1.03. The standard InChI is InChI=1S/C25H28N2O4/c28-24(26(18-22-13-7-15-30-22)17-20-9-3-1-4-10-20)19-27(21-11-5-2-6-12-21)25(29)23-14-8-16-31-23/h1,3-4,7-10,13-16,21H,2,5-6,11-12,17-19H2. The minimum absolute atomic E-state index is 0.0255. The Bertz CT molecular complexity index is 945. The number of hydrogen-bond donors (Lipinski definition) is 0. The van der Waals surface area contributed by atoms with E-state index in [0.717, 1.165) is 31.2 Å². The van der Waals surface area contributed by atoms with Gasteiger partial charge in [-0.15, -0.1) is 0 Å². The summed E-state index contributed by atoms with van der Waals surface area (Å²) in [5, 5.41) is 0. The van der Waals surface area contributed by atoms with Gasteiger partial charge in [-0.1, -0.05) is 49.6 Å². The van der Waals surface area contributed by atoms with Crippen molar-refractivity contribution in [3.05, 3.63) is 84.2 Å². The third-order valence-electron chi connectivity index (χ3n) is 5.81. The van der Waals surface area contributed by atoms with Crippen LogP contribution >= 0.6 is 0 Å². The lowest BCUT2D eigenvalue weighted by Crippen LogP contribution is -2.47. The van der Waals surface area contributed by atoms with E-state index in [4.69, 9.17) is 8.83 Å². The van der Waals surface area contributed by atoms with E-state index in [-0.39, 0.29) is 30.2 Å². The van der Waals surface area contributed by atoms with E-state index in [0.29, 0.717) is 18.8 Å². The van der Waals surface area contributed by atoms with Crippen LogP contribution in [0.15, 0.2) is 76.0 Å². The molecule has 6 nitrogen and oxygen atoms in total. The van der Waals surface area contributed by atoms with Gasteiger partial charge in [-0.2, -0.15) is 0 Å². The molecule has 2 aromatic heterocycles. The molecule has 0 N–H and O–H groups in total. The first-order chi connectivity index (χ1) is 15.2. The summed E-state index contributed by atoms with van der Waals surface area (Å²) in [6, 6.07) is 16.9. The molecule has 4 rings (SSSR count). The average molecular weight is 421 g/mol. The Morgan fingerprint density at radius 1 is 0.839 bits per heavy atom. The van der Waals surface area contributed by atoms with Crippen LogP contribution in [0.4, 0.5) is 0 Å². The summed E-state index contributed by atoms with van der Waals surface area (Å²) in [6.45, 7) is 0.833. The fourth-order valence-electron chi connectivity index (χ4n) is 4.17. The Labute approximate surface area is 182 Å². The van der Waals surface area contributed by atoms with Crippen LogP contribution in [0.25, 0.3) is 0 Å². The van der Waals surface area contributed by atoms with E-state index < -0.39 is 0 Å². The van der Waals surface area contributed by atoms with Gasteiger partial charge in [-0.25, -0.2) is 0 Å². The molecule has 0 saturated heterocycles. The zero-order chi connectivity index (χ0) is 21.5. The summed E-state index contributed by atoms with van der Waals surface area (Å²) in [4.78, 5) is 30.1. The number of rotatable bonds is 8. The second kappa shape index (κ2) is 10.2. The van der Waals surface area contributed by atoms with E-state index in [2.05, 4.69) is 0 Å². The number of nitrogens with zero attached hydrogens (tertiary/aromatic N) is 2. The first-order valence-corrected chi connectivity index (χ1v) is 10.9. The second-order valence-electron chi connectivity index (χ2n) is 8.02. The molecule has 0 spiro atoms. The van der Waals surface area contributed by atoms with Crippen molar-refractivity contribution >= 4 is 11.8 Å². The predicted octanol–water partition coefficient (Wildman–Crippen LogP) is 4.88. The number of benzene rings is 1. The monoisotopic (exact) mass is 420 g/mol. The lowest BCUT2D eigenvalue weighted by molar-refractivity contribution is -0.134. The third kappa shape index (κ3) is 5.45. The lowest BCUT2D eigenvalue weighted by Gasteiger charge is -2.35. The zero-order valence-corrected chi connectivity index (χ0v) is 17.6. The van der Waals surface area contributed by atoms with E-state index in [1.807, 2.05) is 42.5 Å². The summed E-state index contributed by atoms with van der Waals surface area (Å²) >= 11 is 0. The summed E-state index contributed by atoms with van der Waals surface area (Å²) in [7, 11) is 0. The van der Waals surface area contributed by atoms with E-state index in [9.17, 15) is 9.59 Å². The lowest BCUT2D eigenvalue weighted by atomic mass is 9.94. The Hall–Kier alpha value is -3.28. The van der Waals surface area contributed by atoms with E-state index in [1.54, 1.807) is 28.2 Å². The molecular weight excluding hydrogens is 392 g/mol. The van der Waals surface area contributed by atoms with Gasteiger partial charge in [0.2, 0.25) is 5.91 Å². The molecule has 3 aromatic rings. The number of carbonyl (C=O) groups excluding carboxylic acids is 2. The molecule has 2 amide bonds. The summed E-state index contributed by atoms with van der Waals surface area (Å²) < 4.78 is 10.8. The molecule has 0 aliphatic heterocycles. The molecule has 1 aromatic carbocycles. The first kappa shape index (κ1) is 21.0. The fraction of sp³-hybridized carbons (Fsp3) is 0.360. The van der Waals surface area contributed by atoms with Crippen molar-refractivity contribution in [1.29, 1.82) is 0 Å². The largest absolute Gasteiger partial charge is 0.467 e. The van der Waals surface area contributed by atoms with E-state index >= 15 is 0 Å². The van der Waals surface area contributed by atoms with Gasteiger partial charge >= 0.3 is 0 Å². The van der Waals surface area contributed by atoms with Gasteiger partial charge in [0, 0.05) is 12.6 Å². The molecule has 0 unspecified atom stereocenters. The highest BCUT2D eigenvalue weighted by Crippen LogP contribution is 2.25. The zero-order valence-electron chi connectivity index (χ0n) is 17.6. The average Bonchev–Trinajstić information content (AvgIpc) is 3.52. The minimum Gasteiger partial charge on any atom is -0.467 e. The van der Waals surface area contributed by atoms with Crippen molar-refractivity contribution in [1.82, 2.24) is 9.80 Å². The maximum atomic E-state index is 13.5. The summed E-state index contributed by atoms with van der Waals surface area (Å²) in [5.74, 6) is 0.665. The van der Waals surface area contributed by atoms with Gasteiger partial charge in [-0.3, -0.25) is 9.59 Å². The molecule has 0 radical (unpaired) electrons. The number of amides is 2.